The van der Waals surface area contributed by atoms with Crippen LogP contribution in [0.1, 0.15) is 33.6 Å². The van der Waals surface area contributed by atoms with Gasteiger partial charge in [-0.15, -0.1) is 0 Å². The van der Waals surface area contributed by atoms with Gasteiger partial charge in [0.1, 0.15) is 17.8 Å². The maximum Gasteiger partial charge on any atom is 0.306 e. The van der Waals surface area contributed by atoms with E-state index in [0.717, 1.165) is 0 Å². The highest BCUT2D eigenvalue weighted by Crippen LogP contribution is 2.17. The Morgan fingerprint density at radius 1 is 1.05 bits per heavy atom. The summed E-state index contributed by atoms with van der Waals surface area (Å²) in [4.78, 5) is 25.3. The third kappa shape index (κ3) is 5.09. The highest BCUT2D eigenvalue weighted by molar-refractivity contribution is 5.81. The van der Waals surface area contributed by atoms with Crippen molar-refractivity contribution in [3.63, 3.8) is 0 Å². The van der Waals surface area contributed by atoms with Crippen LogP contribution in [0.4, 0.5) is 0 Å². The standard InChI is InChI=1S/C14H25NO5/c1-14(2,3)20-13(17)7-6-12(16)15-8-10(18-4)11(9-15)19-5/h10-11H,6-9H2,1-5H3. The van der Waals surface area contributed by atoms with Crippen LogP contribution in [-0.2, 0) is 23.8 Å². The highest BCUT2D eigenvalue weighted by atomic mass is 16.6. The summed E-state index contributed by atoms with van der Waals surface area (Å²) in [5.41, 5.74) is -0.518. The van der Waals surface area contributed by atoms with Crippen LogP contribution in [0.2, 0.25) is 0 Å². The minimum absolute atomic E-state index is 0.0718. The molecule has 1 amide bonds. The molecule has 1 aliphatic heterocycles. The lowest BCUT2D eigenvalue weighted by Crippen LogP contribution is -2.31. The fourth-order valence-corrected chi connectivity index (χ4v) is 2.16. The van der Waals surface area contributed by atoms with Gasteiger partial charge < -0.3 is 19.1 Å². The minimum atomic E-state index is -0.518. The molecular formula is C14H25NO5. The summed E-state index contributed by atoms with van der Waals surface area (Å²) in [5.74, 6) is -0.422. The van der Waals surface area contributed by atoms with E-state index >= 15 is 0 Å². The summed E-state index contributed by atoms with van der Waals surface area (Å²) in [6.07, 6.45) is 0.0416. The number of likely N-dealkylation sites (tertiary alicyclic amines) is 1. The Bertz CT molecular complexity index is 338. The van der Waals surface area contributed by atoms with Gasteiger partial charge in [-0.2, -0.15) is 0 Å². The van der Waals surface area contributed by atoms with Gasteiger partial charge in [-0.05, 0) is 20.8 Å². The summed E-state index contributed by atoms with van der Waals surface area (Å²) >= 11 is 0. The Kier molecular flexibility index (Phi) is 5.95. The van der Waals surface area contributed by atoms with Crippen LogP contribution in [0.3, 0.4) is 0 Å². The molecular weight excluding hydrogens is 262 g/mol. The second kappa shape index (κ2) is 7.04. The van der Waals surface area contributed by atoms with Crippen LogP contribution >= 0.6 is 0 Å². The number of hydrogen-bond acceptors (Lipinski definition) is 5. The second-order valence-electron chi connectivity index (χ2n) is 5.93. The topological polar surface area (TPSA) is 65.1 Å². The summed E-state index contributed by atoms with van der Waals surface area (Å²) in [6.45, 7) is 6.42. The van der Waals surface area contributed by atoms with E-state index in [4.69, 9.17) is 14.2 Å². The molecule has 0 radical (unpaired) electrons. The maximum absolute atomic E-state index is 12.0. The first-order chi connectivity index (χ1) is 9.26. The lowest BCUT2D eigenvalue weighted by molar-refractivity contribution is -0.156. The molecule has 6 heteroatoms. The molecule has 1 rings (SSSR count). The number of nitrogens with zero attached hydrogens (tertiary/aromatic N) is 1. The molecule has 0 saturated carbocycles. The van der Waals surface area contributed by atoms with Gasteiger partial charge in [0, 0.05) is 33.7 Å². The zero-order valence-corrected chi connectivity index (χ0v) is 13.0. The third-order valence-corrected chi connectivity index (χ3v) is 3.14. The molecule has 0 aromatic heterocycles. The highest BCUT2D eigenvalue weighted by Gasteiger charge is 2.35. The quantitative estimate of drug-likeness (QED) is 0.705. The van der Waals surface area contributed by atoms with Crippen molar-refractivity contribution >= 4 is 11.9 Å². The van der Waals surface area contributed by atoms with E-state index in [0.29, 0.717) is 13.1 Å². The van der Waals surface area contributed by atoms with Gasteiger partial charge in [-0.1, -0.05) is 0 Å². The van der Waals surface area contributed by atoms with Gasteiger partial charge in [0.05, 0.1) is 6.42 Å². The number of ether oxygens (including phenoxy) is 3. The molecule has 20 heavy (non-hydrogen) atoms. The monoisotopic (exact) mass is 287 g/mol. The van der Waals surface area contributed by atoms with E-state index < -0.39 is 5.60 Å². The molecule has 6 nitrogen and oxygen atoms in total. The average molecular weight is 287 g/mol. The van der Waals surface area contributed by atoms with E-state index in [1.165, 1.54) is 0 Å². The smallest absolute Gasteiger partial charge is 0.306 e. The largest absolute Gasteiger partial charge is 0.460 e. The average Bonchev–Trinajstić information content (AvgIpc) is 2.77. The maximum atomic E-state index is 12.0. The van der Waals surface area contributed by atoms with Gasteiger partial charge in [-0.3, -0.25) is 9.59 Å². The molecule has 116 valence electrons. The zero-order chi connectivity index (χ0) is 15.3. The normalized spacial score (nSPS) is 22.9. The second-order valence-corrected chi connectivity index (χ2v) is 5.93. The van der Waals surface area contributed by atoms with E-state index in [1.807, 2.05) is 0 Å². The van der Waals surface area contributed by atoms with Gasteiger partial charge in [-0.25, -0.2) is 0 Å². The van der Waals surface area contributed by atoms with E-state index in [-0.39, 0.29) is 36.9 Å². The summed E-state index contributed by atoms with van der Waals surface area (Å²) in [7, 11) is 3.21. The number of amides is 1. The Labute approximate surface area is 120 Å². The van der Waals surface area contributed by atoms with Crippen molar-refractivity contribution < 1.29 is 23.8 Å². The third-order valence-electron chi connectivity index (χ3n) is 3.14. The van der Waals surface area contributed by atoms with Gasteiger partial charge in [0.2, 0.25) is 5.91 Å². The number of carbonyl (C=O) groups is 2. The molecule has 1 fully saturated rings. The van der Waals surface area contributed by atoms with Crippen molar-refractivity contribution in [1.82, 2.24) is 4.90 Å². The van der Waals surface area contributed by atoms with Crippen LogP contribution in [-0.4, -0.2) is 61.9 Å². The predicted octanol–water partition coefficient (Wildman–Crippen LogP) is 0.980. The molecule has 1 aliphatic rings. The summed E-state index contributed by atoms with van der Waals surface area (Å²) in [6, 6.07) is 0. The van der Waals surface area contributed by atoms with Gasteiger partial charge in [0.25, 0.3) is 0 Å². The first-order valence-corrected chi connectivity index (χ1v) is 6.82. The van der Waals surface area contributed by atoms with Gasteiger partial charge >= 0.3 is 5.97 Å². The fourth-order valence-electron chi connectivity index (χ4n) is 2.16. The molecule has 2 atom stereocenters. The van der Waals surface area contributed by atoms with Crippen LogP contribution in [0.15, 0.2) is 0 Å². The zero-order valence-electron chi connectivity index (χ0n) is 13.0. The molecule has 0 N–H and O–H groups in total. The Morgan fingerprint density at radius 2 is 1.55 bits per heavy atom. The Balaban J connectivity index is 2.39. The molecule has 0 aromatic rings. The number of esters is 1. The first-order valence-electron chi connectivity index (χ1n) is 6.82. The molecule has 1 heterocycles. The molecule has 2 unspecified atom stereocenters. The van der Waals surface area contributed by atoms with Crippen molar-refractivity contribution in [2.75, 3.05) is 27.3 Å². The molecule has 1 saturated heterocycles. The minimum Gasteiger partial charge on any atom is -0.460 e. The molecule has 0 spiro atoms. The molecule has 0 bridgehead atoms. The first kappa shape index (κ1) is 16.9. The van der Waals surface area contributed by atoms with Crippen LogP contribution in [0.5, 0.6) is 0 Å². The van der Waals surface area contributed by atoms with Crippen LogP contribution in [0, 0.1) is 0 Å². The van der Waals surface area contributed by atoms with Gasteiger partial charge in [0.15, 0.2) is 0 Å². The van der Waals surface area contributed by atoms with E-state index in [2.05, 4.69) is 0 Å². The molecule has 0 aromatic carbocycles. The Morgan fingerprint density at radius 3 is 1.95 bits per heavy atom. The van der Waals surface area contributed by atoms with Crippen molar-refractivity contribution in [3.05, 3.63) is 0 Å². The van der Waals surface area contributed by atoms with Crippen molar-refractivity contribution in [1.29, 1.82) is 0 Å². The fraction of sp³-hybridized carbons (Fsp3) is 0.857. The Hall–Kier alpha value is -1.14. The number of rotatable bonds is 5. The van der Waals surface area contributed by atoms with E-state index in [1.54, 1.807) is 39.9 Å². The van der Waals surface area contributed by atoms with Crippen molar-refractivity contribution in [2.24, 2.45) is 0 Å². The molecule has 0 aliphatic carbocycles. The SMILES string of the molecule is COC1CN(C(=O)CCC(=O)OC(C)(C)C)CC1OC. The summed E-state index contributed by atoms with van der Waals surface area (Å²) < 4.78 is 15.7. The number of methoxy groups -OCH3 is 2. The van der Waals surface area contributed by atoms with Crippen LogP contribution < -0.4 is 0 Å². The summed E-state index contributed by atoms with van der Waals surface area (Å²) in [5, 5.41) is 0. The van der Waals surface area contributed by atoms with Crippen molar-refractivity contribution in [3.8, 4) is 0 Å². The van der Waals surface area contributed by atoms with Crippen LogP contribution in [0.25, 0.3) is 0 Å². The van der Waals surface area contributed by atoms with Crippen molar-refractivity contribution in [2.45, 2.75) is 51.4 Å². The van der Waals surface area contributed by atoms with E-state index in [9.17, 15) is 9.59 Å². The number of carbonyl (C=O) groups excluding carboxylic acids is 2. The predicted molar refractivity (Wildman–Crippen MR) is 73.3 cm³/mol. The lowest BCUT2D eigenvalue weighted by atomic mass is 10.2. The lowest BCUT2D eigenvalue weighted by Gasteiger charge is -2.20. The number of hydrogen-bond donors (Lipinski definition) is 0.